The Labute approximate surface area is 424 Å². The van der Waals surface area contributed by atoms with E-state index in [4.69, 9.17) is 0 Å². The molecule has 69 heavy (non-hydrogen) atoms. The number of unbranched alkanes of at least 4 members (excludes halogenated alkanes) is 21. The molecule has 0 unspecified atom stereocenters. The maximum absolute atomic E-state index is 11.5. The molecule has 0 atom stereocenters. The number of phenols is 3. The van der Waals surface area contributed by atoms with Crippen LogP contribution >= 0.6 is 0 Å². The van der Waals surface area contributed by atoms with Crippen molar-refractivity contribution >= 4 is 0 Å². The Morgan fingerprint density at radius 2 is 0.478 bits per heavy atom. The maximum atomic E-state index is 11.5. The van der Waals surface area contributed by atoms with E-state index in [1.54, 1.807) is 0 Å². The first-order valence-electron chi connectivity index (χ1n) is 29.1. The zero-order chi connectivity index (χ0) is 50.0. The van der Waals surface area contributed by atoms with Crippen molar-refractivity contribution in [3.8, 4) is 17.2 Å². The van der Waals surface area contributed by atoms with Gasteiger partial charge in [0.2, 0.25) is 0 Å². The second-order valence-corrected chi connectivity index (χ2v) is 21.4. The van der Waals surface area contributed by atoms with E-state index in [0.717, 1.165) is 110 Å². The second kappa shape index (κ2) is 32.3. The van der Waals surface area contributed by atoms with Crippen LogP contribution in [0.1, 0.15) is 279 Å². The number of phenolic OH excluding ortho intramolecular Hbond substituents is 3. The summed E-state index contributed by atoms with van der Waals surface area (Å²) in [7, 11) is 0. The summed E-state index contributed by atoms with van der Waals surface area (Å²) in [4.78, 5) is 0. The molecule has 0 saturated heterocycles. The van der Waals surface area contributed by atoms with Crippen molar-refractivity contribution in [2.75, 3.05) is 0 Å². The molecule has 4 aromatic rings. The van der Waals surface area contributed by atoms with Crippen LogP contribution < -0.4 is 0 Å². The molecule has 0 radical (unpaired) electrons. The summed E-state index contributed by atoms with van der Waals surface area (Å²) in [6, 6.07) is 13.8. The van der Waals surface area contributed by atoms with Gasteiger partial charge in [0.25, 0.3) is 0 Å². The molecule has 0 amide bonds. The molecule has 0 fully saturated rings. The fraction of sp³-hybridized carbons (Fsp3) is 0.636. The molecule has 3 heteroatoms. The molecule has 0 saturated carbocycles. The average molecular weight is 944 g/mol. The highest BCUT2D eigenvalue weighted by Gasteiger charge is 2.22. The third-order valence-electron chi connectivity index (χ3n) is 15.9. The fourth-order valence-electron chi connectivity index (χ4n) is 11.3. The molecule has 0 spiro atoms. The topological polar surface area (TPSA) is 60.7 Å². The zero-order valence-corrected chi connectivity index (χ0v) is 46.1. The van der Waals surface area contributed by atoms with Crippen molar-refractivity contribution in [1.82, 2.24) is 0 Å². The third kappa shape index (κ3) is 18.4. The Hall–Kier alpha value is -3.72. The van der Waals surface area contributed by atoms with Gasteiger partial charge >= 0.3 is 0 Å². The maximum Gasteiger partial charge on any atom is 0.121 e. The van der Waals surface area contributed by atoms with Gasteiger partial charge in [-0.2, -0.15) is 0 Å². The Morgan fingerprint density at radius 1 is 0.275 bits per heavy atom. The minimum atomic E-state index is 0.506. The van der Waals surface area contributed by atoms with Crippen LogP contribution in [0.25, 0.3) is 0 Å². The van der Waals surface area contributed by atoms with E-state index in [-0.39, 0.29) is 0 Å². The summed E-state index contributed by atoms with van der Waals surface area (Å²) in [5.74, 6) is 1.52. The van der Waals surface area contributed by atoms with Gasteiger partial charge in [-0.05, 0) is 181 Å². The van der Waals surface area contributed by atoms with Gasteiger partial charge in [0.05, 0.1) is 0 Å². The molecular weight excluding hydrogens is 841 g/mol. The molecule has 0 bridgehead atoms. The summed E-state index contributed by atoms with van der Waals surface area (Å²) in [6.45, 7) is 20.4. The summed E-state index contributed by atoms with van der Waals surface area (Å²) in [6.07, 6.45) is 38.5. The van der Waals surface area contributed by atoms with Gasteiger partial charge in [0, 0.05) is 0 Å². The molecule has 3 nitrogen and oxygen atoms in total. The van der Waals surface area contributed by atoms with Crippen molar-refractivity contribution < 1.29 is 15.3 Å². The van der Waals surface area contributed by atoms with Crippen LogP contribution in [-0.4, -0.2) is 15.3 Å². The highest BCUT2D eigenvalue weighted by atomic mass is 16.3. The average Bonchev–Trinajstić information content (AvgIpc) is 3.35. The van der Waals surface area contributed by atoms with Gasteiger partial charge in [-0.25, -0.2) is 0 Å². The summed E-state index contributed by atoms with van der Waals surface area (Å²) in [5.41, 5.74) is 18.7. The van der Waals surface area contributed by atoms with E-state index < -0.39 is 0 Å². The van der Waals surface area contributed by atoms with E-state index in [9.17, 15) is 15.3 Å². The lowest BCUT2D eigenvalue weighted by molar-refractivity contribution is 0.458. The van der Waals surface area contributed by atoms with E-state index in [1.165, 1.54) is 185 Å². The highest BCUT2D eigenvalue weighted by Crippen LogP contribution is 2.37. The van der Waals surface area contributed by atoms with E-state index in [2.05, 4.69) is 98.7 Å². The lowest BCUT2D eigenvalue weighted by Crippen LogP contribution is -2.10. The molecule has 0 aromatic heterocycles. The Morgan fingerprint density at radius 3 is 0.696 bits per heavy atom. The molecule has 0 aliphatic rings. The van der Waals surface area contributed by atoms with Gasteiger partial charge in [-0.15, -0.1) is 0 Å². The minimum Gasteiger partial charge on any atom is -0.507 e. The molecule has 0 aliphatic carbocycles. The Kier molecular flexibility index (Phi) is 27.1. The molecule has 3 N–H and O–H groups in total. The van der Waals surface area contributed by atoms with Crippen LogP contribution in [0.15, 0.2) is 36.4 Å². The molecule has 0 heterocycles. The Bertz CT molecular complexity index is 1850. The summed E-state index contributed by atoms with van der Waals surface area (Å²) < 4.78 is 0. The van der Waals surface area contributed by atoms with Crippen molar-refractivity contribution in [1.29, 1.82) is 0 Å². The van der Waals surface area contributed by atoms with E-state index in [0.29, 0.717) is 17.2 Å². The normalized spacial score (nSPS) is 11.6. The molecule has 4 rings (SSSR count). The smallest absolute Gasteiger partial charge is 0.121 e. The van der Waals surface area contributed by atoms with Gasteiger partial charge in [-0.3, -0.25) is 0 Å². The van der Waals surface area contributed by atoms with Gasteiger partial charge < -0.3 is 15.3 Å². The molecular formula is C66H102O3. The SMILES string of the molecule is CCCCCCCCCCc1cc(Cc2c(C)c(Cc3cc(CC)c(O)c(CCCCCCCCCC)c3)c(C)c(Cc3cc(CC)c(O)c(CCCCCCCCCC)c3)c2C)cc(CC)c1O. The van der Waals surface area contributed by atoms with Crippen LogP contribution in [0.4, 0.5) is 0 Å². The van der Waals surface area contributed by atoms with Crippen LogP contribution in [-0.2, 0) is 57.8 Å². The van der Waals surface area contributed by atoms with Crippen LogP contribution in [0.3, 0.4) is 0 Å². The predicted octanol–water partition coefficient (Wildman–Crippen LogP) is 19.2. The van der Waals surface area contributed by atoms with Gasteiger partial charge in [0.1, 0.15) is 17.2 Å². The first-order chi connectivity index (χ1) is 33.5. The summed E-state index contributed by atoms with van der Waals surface area (Å²) in [5, 5.41) is 34.5. The first-order valence-corrected chi connectivity index (χ1v) is 29.1. The van der Waals surface area contributed by atoms with Crippen molar-refractivity contribution in [2.24, 2.45) is 0 Å². The summed E-state index contributed by atoms with van der Waals surface area (Å²) >= 11 is 0. The standard InChI is InChI=1S/C66H102O3/c1-10-16-19-22-25-28-31-34-37-58-43-52(40-55(13-4)64(58)67)46-61-49(7)62(47-53-41-56(14-5)65(68)59(44-53)38-35-32-29-26-23-20-17-11-2)51(9)63(50(61)8)48-54-42-57(15-6)66(69)60(45-54)39-36-33-30-27-24-21-18-12-3/h40-45,67-69H,10-39,46-48H2,1-9H3. The molecule has 384 valence electrons. The predicted molar refractivity (Wildman–Crippen MR) is 300 cm³/mol. The minimum absolute atomic E-state index is 0.506. The van der Waals surface area contributed by atoms with E-state index in [1.807, 2.05) is 0 Å². The number of hydrogen-bond donors (Lipinski definition) is 3. The number of rotatable bonds is 36. The number of benzene rings is 4. The van der Waals surface area contributed by atoms with E-state index >= 15 is 0 Å². The zero-order valence-electron chi connectivity index (χ0n) is 46.1. The largest absolute Gasteiger partial charge is 0.507 e. The van der Waals surface area contributed by atoms with Crippen LogP contribution in [0, 0.1) is 20.8 Å². The molecule has 0 aliphatic heterocycles. The lowest BCUT2D eigenvalue weighted by atomic mass is 9.80. The Balaban J connectivity index is 1.72. The monoisotopic (exact) mass is 943 g/mol. The van der Waals surface area contributed by atoms with Crippen molar-refractivity contribution in [3.63, 3.8) is 0 Å². The fourth-order valence-corrected chi connectivity index (χ4v) is 11.3. The van der Waals surface area contributed by atoms with Gasteiger partial charge in [0.15, 0.2) is 0 Å². The lowest BCUT2D eigenvalue weighted by Gasteiger charge is -2.24. The third-order valence-corrected chi connectivity index (χ3v) is 15.9. The first kappa shape index (κ1) is 57.9. The quantitative estimate of drug-likeness (QED) is 0.0398. The van der Waals surface area contributed by atoms with Crippen molar-refractivity contribution in [2.45, 2.75) is 274 Å². The second-order valence-electron chi connectivity index (χ2n) is 21.4. The number of aryl methyl sites for hydroxylation is 6. The number of hydrogen-bond acceptors (Lipinski definition) is 3. The van der Waals surface area contributed by atoms with Crippen LogP contribution in [0.5, 0.6) is 17.2 Å². The number of aromatic hydroxyl groups is 3. The van der Waals surface area contributed by atoms with Gasteiger partial charge in [-0.1, -0.05) is 213 Å². The van der Waals surface area contributed by atoms with Crippen LogP contribution in [0.2, 0.25) is 0 Å². The molecule has 4 aromatic carbocycles. The van der Waals surface area contributed by atoms with Crippen molar-refractivity contribution in [3.05, 3.63) is 120 Å². The highest BCUT2D eigenvalue weighted by molar-refractivity contribution is 5.57.